The SMILES string of the molecule is COCC1(n2c(=O)c(-c3c(Cl)c(OC)cc(OC)c3Cl)cc3cnc(NC4COCC4OC(N)=O)cc32)CC1. The molecule has 13 heteroatoms. The minimum Gasteiger partial charge on any atom is -0.495 e. The zero-order chi connectivity index (χ0) is 27.9. The van der Waals surface area contributed by atoms with Crippen LogP contribution in [0.3, 0.4) is 0 Å². The molecular formula is C26H28Cl2N4O7. The maximum atomic E-state index is 14.3. The Hall–Kier alpha value is -3.25. The molecular weight excluding hydrogens is 551 g/mol. The number of pyridine rings is 2. The van der Waals surface area contributed by atoms with Gasteiger partial charge in [-0.25, -0.2) is 9.78 Å². The number of primary amides is 1. The fraction of sp³-hybridized carbons (Fsp3) is 0.423. The molecule has 3 heterocycles. The quantitative estimate of drug-likeness (QED) is 0.388. The number of hydrogen-bond acceptors (Lipinski definition) is 9. The van der Waals surface area contributed by atoms with E-state index in [-0.39, 0.29) is 33.8 Å². The molecule has 2 fully saturated rings. The van der Waals surface area contributed by atoms with Crippen molar-refractivity contribution in [3.05, 3.63) is 44.8 Å². The lowest BCUT2D eigenvalue weighted by atomic mass is 10.0. The van der Waals surface area contributed by atoms with Crippen LogP contribution in [-0.2, 0) is 19.7 Å². The third-order valence-corrected chi connectivity index (χ3v) is 7.82. The molecule has 1 aromatic carbocycles. The van der Waals surface area contributed by atoms with Crippen LogP contribution in [0.15, 0.2) is 29.2 Å². The average Bonchev–Trinajstić information content (AvgIpc) is 3.55. The molecule has 1 aliphatic carbocycles. The summed E-state index contributed by atoms with van der Waals surface area (Å²) in [5.74, 6) is 1.12. The minimum atomic E-state index is -0.883. The number of anilines is 1. The van der Waals surface area contributed by atoms with Crippen molar-refractivity contribution in [1.29, 1.82) is 0 Å². The second kappa shape index (κ2) is 10.7. The summed E-state index contributed by atoms with van der Waals surface area (Å²) in [6.45, 7) is 0.848. The Balaban J connectivity index is 1.68. The third kappa shape index (κ3) is 4.95. The molecule has 3 N–H and O–H groups in total. The summed E-state index contributed by atoms with van der Waals surface area (Å²) in [7, 11) is 4.55. The van der Waals surface area contributed by atoms with Gasteiger partial charge < -0.3 is 34.7 Å². The van der Waals surface area contributed by atoms with Gasteiger partial charge in [-0.05, 0) is 18.9 Å². The van der Waals surface area contributed by atoms with Crippen LogP contribution in [0.5, 0.6) is 11.5 Å². The number of amides is 1. The standard InChI is InChI=1S/C26H28Cl2N4O7/c1-35-12-26(4-5-26)32-16-7-20(31-15-10-38-11-19(15)39-25(29)34)30-9-13(16)6-14(24(32)33)21-22(27)17(36-2)8-18(37-3)23(21)28/h6-9,15,19H,4-5,10-12H2,1-3H3,(H2,29,34)(H,30,31). The Kier molecular flexibility index (Phi) is 7.51. The average molecular weight is 579 g/mol. The number of nitrogens with two attached hydrogens (primary N) is 1. The van der Waals surface area contributed by atoms with Crippen LogP contribution in [0.1, 0.15) is 12.8 Å². The zero-order valence-corrected chi connectivity index (χ0v) is 23.1. The molecule has 0 bridgehead atoms. The molecule has 5 rings (SSSR count). The van der Waals surface area contributed by atoms with Crippen molar-refractivity contribution in [2.45, 2.75) is 30.5 Å². The van der Waals surface area contributed by atoms with Crippen LogP contribution < -0.4 is 26.1 Å². The molecule has 11 nitrogen and oxygen atoms in total. The predicted molar refractivity (Wildman–Crippen MR) is 146 cm³/mol. The molecule has 0 spiro atoms. The zero-order valence-electron chi connectivity index (χ0n) is 21.6. The number of ether oxygens (including phenoxy) is 5. The predicted octanol–water partition coefficient (Wildman–Crippen LogP) is 3.80. The van der Waals surface area contributed by atoms with Gasteiger partial charge in [0.15, 0.2) is 0 Å². The van der Waals surface area contributed by atoms with E-state index < -0.39 is 17.7 Å². The highest BCUT2D eigenvalue weighted by molar-refractivity contribution is 6.41. The minimum absolute atomic E-state index is 0.191. The van der Waals surface area contributed by atoms with E-state index in [0.29, 0.717) is 47.0 Å². The summed E-state index contributed by atoms with van der Waals surface area (Å²) in [5.41, 5.74) is 5.58. The van der Waals surface area contributed by atoms with E-state index in [1.54, 1.807) is 36.1 Å². The fourth-order valence-corrected chi connectivity index (χ4v) is 5.73. The van der Waals surface area contributed by atoms with Gasteiger partial charge in [-0.15, -0.1) is 0 Å². The van der Waals surface area contributed by atoms with Crippen LogP contribution in [0, 0.1) is 0 Å². The van der Waals surface area contributed by atoms with Crippen LogP contribution in [-0.4, -0.2) is 68.9 Å². The molecule has 2 aliphatic rings. The molecule has 39 heavy (non-hydrogen) atoms. The van der Waals surface area contributed by atoms with E-state index in [0.717, 1.165) is 12.8 Å². The van der Waals surface area contributed by atoms with Gasteiger partial charge in [0.25, 0.3) is 5.56 Å². The maximum absolute atomic E-state index is 14.3. The van der Waals surface area contributed by atoms with Gasteiger partial charge in [0.05, 0.1) is 66.7 Å². The molecule has 1 saturated carbocycles. The number of carbonyl (C=O) groups excluding carboxylic acids is 1. The first-order chi connectivity index (χ1) is 18.7. The Bertz CT molecular complexity index is 1460. The van der Waals surface area contributed by atoms with E-state index in [1.165, 1.54) is 14.2 Å². The number of methoxy groups -OCH3 is 3. The number of halogens is 2. The number of hydrogen-bond donors (Lipinski definition) is 2. The largest absolute Gasteiger partial charge is 0.495 e. The highest BCUT2D eigenvalue weighted by Gasteiger charge is 2.47. The van der Waals surface area contributed by atoms with Crippen molar-refractivity contribution in [3.63, 3.8) is 0 Å². The van der Waals surface area contributed by atoms with Gasteiger partial charge in [-0.2, -0.15) is 0 Å². The smallest absolute Gasteiger partial charge is 0.404 e. The summed E-state index contributed by atoms with van der Waals surface area (Å²) < 4.78 is 28.7. The summed E-state index contributed by atoms with van der Waals surface area (Å²) in [6.07, 6.45) is 1.70. The summed E-state index contributed by atoms with van der Waals surface area (Å²) in [4.78, 5) is 30.1. The van der Waals surface area contributed by atoms with E-state index >= 15 is 0 Å². The first-order valence-electron chi connectivity index (χ1n) is 12.2. The third-order valence-electron chi connectivity index (χ3n) is 7.07. The second-order valence-corrected chi connectivity index (χ2v) is 10.3. The van der Waals surface area contributed by atoms with Gasteiger partial charge in [-0.3, -0.25) is 9.36 Å². The second-order valence-electron chi connectivity index (χ2n) is 9.53. The van der Waals surface area contributed by atoms with Crippen molar-refractivity contribution in [2.75, 3.05) is 46.5 Å². The van der Waals surface area contributed by atoms with Crippen LogP contribution in [0.25, 0.3) is 22.0 Å². The summed E-state index contributed by atoms with van der Waals surface area (Å²) in [6, 6.07) is 4.70. The van der Waals surface area contributed by atoms with Gasteiger partial charge in [0, 0.05) is 36.4 Å². The molecule has 1 amide bonds. The van der Waals surface area contributed by atoms with Crippen LogP contribution in [0.4, 0.5) is 10.6 Å². The number of aromatic nitrogens is 2. The van der Waals surface area contributed by atoms with Crippen molar-refractivity contribution in [2.24, 2.45) is 5.73 Å². The number of rotatable bonds is 9. The first-order valence-corrected chi connectivity index (χ1v) is 12.9. The van der Waals surface area contributed by atoms with E-state index in [1.807, 2.05) is 0 Å². The van der Waals surface area contributed by atoms with E-state index in [9.17, 15) is 9.59 Å². The molecule has 2 aromatic heterocycles. The Morgan fingerprint density at radius 1 is 1.15 bits per heavy atom. The monoisotopic (exact) mass is 578 g/mol. The normalized spacial score (nSPS) is 19.6. The van der Waals surface area contributed by atoms with Crippen molar-refractivity contribution in [3.8, 4) is 22.6 Å². The van der Waals surface area contributed by atoms with Crippen LogP contribution >= 0.6 is 23.2 Å². The highest BCUT2D eigenvalue weighted by atomic mass is 35.5. The number of carbonyl (C=O) groups is 1. The Morgan fingerprint density at radius 2 is 1.85 bits per heavy atom. The maximum Gasteiger partial charge on any atom is 0.404 e. The molecule has 1 saturated heterocycles. The highest BCUT2D eigenvalue weighted by Crippen LogP contribution is 2.48. The lowest BCUT2D eigenvalue weighted by Gasteiger charge is -2.24. The molecule has 2 unspecified atom stereocenters. The molecule has 208 valence electrons. The molecule has 1 aliphatic heterocycles. The molecule has 3 aromatic rings. The van der Waals surface area contributed by atoms with Crippen LogP contribution in [0.2, 0.25) is 10.0 Å². The number of nitrogens with one attached hydrogen (secondary N) is 1. The van der Waals surface area contributed by atoms with E-state index in [4.69, 9.17) is 52.6 Å². The van der Waals surface area contributed by atoms with Gasteiger partial charge in [-0.1, -0.05) is 23.2 Å². The number of benzene rings is 1. The van der Waals surface area contributed by atoms with Crippen molar-refractivity contribution in [1.82, 2.24) is 9.55 Å². The molecule has 0 radical (unpaired) electrons. The summed E-state index contributed by atoms with van der Waals surface area (Å²) >= 11 is 13.4. The Morgan fingerprint density at radius 3 is 2.44 bits per heavy atom. The van der Waals surface area contributed by atoms with Crippen molar-refractivity contribution < 1.29 is 28.5 Å². The fourth-order valence-electron chi connectivity index (χ4n) is 5.03. The Labute approximate surface area is 234 Å². The van der Waals surface area contributed by atoms with Gasteiger partial charge >= 0.3 is 6.09 Å². The summed E-state index contributed by atoms with van der Waals surface area (Å²) in [5, 5.41) is 4.30. The first kappa shape index (κ1) is 27.3. The number of fused-ring (bicyclic) bond motifs is 1. The topological polar surface area (TPSA) is 136 Å². The van der Waals surface area contributed by atoms with Gasteiger partial charge in [0.2, 0.25) is 0 Å². The van der Waals surface area contributed by atoms with Crippen molar-refractivity contribution >= 4 is 46.0 Å². The number of nitrogens with zero attached hydrogens (tertiary/aromatic N) is 2. The lowest BCUT2D eigenvalue weighted by Crippen LogP contribution is -2.37. The lowest BCUT2D eigenvalue weighted by molar-refractivity contribution is 0.0880. The van der Waals surface area contributed by atoms with E-state index in [2.05, 4.69) is 10.3 Å². The molecule has 2 atom stereocenters. The van der Waals surface area contributed by atoms with Gasteiger partial charge in [0.1, 0.15) is 23.4 Å².